The quantitative estimate of drug-likeness (QED) is 0.573. The van der Waals surface area contributed by atoms with Gasteiger partial charge in [0.1, 0.15) is 5.78 Å². The van der Waals surface area contributed by atoms with Gasteiger partial charge in [-0.1, -0.05) is 19.9 Å². The normalized spacial score (nSPS) is 42.5. The van der Waals surface area contributed by atoms with Crippen LogP contribution in [0.2, 0.25) is 0 Å². The van der Waals surface area contributed by atoms with E-state index in [1.807, 2.05) is 6.08 Å². The Bertz CT molecular complexity index is 239. The lowest BCUT2D eigenvalue weighted by Crippen LogP contribution is -2.16. The molecule has 0 radical (unpaired) electrons. The van der Waals surface area contributed by atoms with E-state index >= 15 is 0 Å². The molecular formula is C11H16O. The number of ketones is 1. The number of Topliss-reactive ketones (excluding diaryl/α,β-unsaturated/α-hetero) is 1. The minimum atomic E-state index is 0.311. The van der Waals surface area contributed by atoms with Gasteiger partial charge >= 0.3 is 0 Å². The van der Waals surface area contributed by atoms with Gasteiger partial charge in [0.25, 0.3) is 0 Å². The largest absolute Gasteiger partial charge is 0.299 e. The molecule has 0 aliphatic heterocycles. The first kappa shape index (κ1) is 8.03. The molecule has 2 saturated carbocycles. The number of hydrogen-bond donors (Lipinski definition) is 0. The molecule has 1 heteroatoms. The fourth-order valence-corrected chi connectivity index (χ4v) is 2.84. The van der Waals surface area contributed by atoms with Crippen molar-refractivity contribution in [2.24, 2.45) is 23.2 Å². The maximum atomic E-state index is 11.7. The van der Waals surface area contributed by atoms with Crippen molar-refractivity contribution in [1.82, 2.24) is 0 Å². The Morgan fingerprint density at radius 3 is 2.75 bits per heavy atom. The molecule has 0 N–H and O–H groups in total. The minimum absolute atomic E-state index is 0.311. The summed E-state index contributed by atoms with van der Waals surface area (Å²) in [6, 6.07) is 0. The van der Waals surface area contributed by atoms with Crippen molar-refractivity contribution >= 4 is 5.78 Å². The van der Waals surface area contributed by atoms with Crippen LogP contribution in [0.1, 0.15) is 26.7 Å². The van der Waals surface area contributed by atoms with Crippen LogP contribution < -0.4 is 0 Å². The third kappa shape index (κ3) is 0.825. The molecule has 2 fully saturated rings. The van der Waals surface area contributed by atoms with Crippen LogP contribution in [0.15, 0.2) is 12.7 Å². The second kappa shape index (κ2) is 2.21. The summed E-state index contributed by atoms with van der Waals surface area (Å²) < 4.78 is 0. The summed E-state index contributed by atoms with van der Waals surface area (Å²) in [5.74, 6) is 1.90. The molecule has 0 bridgehead atoms. The second-order valence-corrected chi connectivity index (χ2v) is 4.76. The number of carbonyl (C=O) groups is 1. The van der Waals surface area contributed by atoms with Gasteiger partial charge in [0.05, 0.1) is 0 Å². The molecule has 0 aromatic heterocycles. The highest BCUT2D eigenvalue weighted by Gasteiger charge is 2.66. The fourth-order valence-electron chi connectivity index (χ4n) is 2.84. The monoisotopic (exact) mass is 164 g/mol. The Kier molecular flexibility index (Phi) is 1.48. The predicted molar refractivity (Wildman–Crippen MR) is 48.7 cm³/mol. The van der Waals surface area contributed by atoms with Gasteiger partial charge in [-0.25, -0.2) is 0 Å². The summed E-state index contributed by atoms with van der Waals surface area (Å²) in [5.41, 5.74) is 0.328. The summed E-state index contributed by atoms with van der Waals surface area (Å²) in [5, 5.41) is 0. The van der Waals surface area contributed by atoms with Gasteiger partial charge in [0, 0.05) is 11.8 Å². The zero-order valence-corrected chi connectivity index (χ0v) is 7.84. The number of rotatable bonds is 2. The Morgan fingerprint density at radius 2 is 2.33 bits per heavy atom. The van der Waals surface area contributed by atoms with Crippen LogP contribution in [0, 0.1) is 23.2 Å². The van der Waals surface area contributed by atoms with Crippen LogP contribution >= 0.6 is 0 Å². The van der Waals surface area contributed by atoms with Crippen molar-refractivity contribution in [3.05, 3.63) is 12.7 Å². The van der Waals surface area contributed by atoms with E-state index in [-0.39, 0.29) is 0 Å². The Morgan fingerprint density at radius 1 is 1.67 bits per heavy atom. The third-order valence-electron chi connectivity index (χ3n) is 3.75. The molecule has 0 aromatic rings. The predicted octanol–water partition coefficient (Wildman–Crippen LogP) is 2.42. The number of allylic oxidation sites excluding steroid dienone is 1. The lowest BCUT2D eigenvalue weighted by molar-refractivity contribution is -0.123. The first-order chi connectivity index (χ1) is 5.59. The number of fused-ring (bicyclic) bond motifs is 1. The molecule has 0 heterocycles. The zero-order chi connectivity index (χ0) is 8.93. The van der Waals surface area contributed by atoms with E-state index in [0.717, 1.165) is 12.8 Å². The number of hydrogen-bond acceptors (Lipinski definition) is 1. The summed E-state index contributed by atoms with van der Waals surface area (Å²) in [4.78, 5) is 11.7. The minimum Gasteiger partial charge on any atom is -0.299 e. The van der Waals surface area contributed by atoms with E-state index < -0.39 is 0 Å². The molecular weight excluding hydrogens is 148 g/mol. The van der Waals surface area contributed by atoms with Crippen LogP contribution in [-0.4, -0.2) is 5.78 Å². The molecule has 12 heavy (non-hydrogen) atoms. The van der Waals surface area contributed by atoms with Gasteiger partial charge in [-0.3, -0.25) is 4.79 Å². The Labute approximate surface area is 73.8 Å². The highest BCUT2D eigenvalue weighted by Crippen LogP contribution is 2.66. The average molecular weight is 164 g/mol. The van der Waals surface area contributed by atoms with Crippen molar-refractivity contribution in [2.45, 2.75) is 26.7 Å². The molecule has 0 spiro atoms. The van der Waals surface area contributed by atoms with Gasteiger partial charge in [-0.15, -0.1) is 6.58 Å². The van der Waals surface area contributed by atoms with E-state index in [0.29, 0.717) is 29.0 Å². The van der Waals surface area contributed by atoms with Crippen molar-refractivity contribution in [3.8, 4) is 0 Å². The Hall–Kier alpha value is -0.590. The lowest BCUT2D eigenvalue weighted by Gasteiger charge is -2.13. The first-order valence-electron chi connectivity index (χ1n) is 4.73. The van der Waals surface area contributed by atoms with Crippen LogP contribution in [0.25, 0.3) is 0 Å². The maximum Gasteiger partial charge on any atom is 0.140 e. The molecule has 3 atom stereocenters. The van der Waals surface area contributed by atoms with Crippen LogP contribution in [0.3, 0.4) is 0 Å². The van der Waals surface area contributed by atoms with Crippen molar-refractivity contribution in [3.63, 3.8) is 0 Å². The summed E-state index contributed by atoms with van der Waals surface area (Å²) >= 11 is 0. The van der Waals surface area contributed by atoms with E-state index in [9.17, 15) is 4.79 Å². The summed E-state index contributed by atoms with van der Waals surface area (Å²) in [7, 11) is 0. The zero-order valence-electron chi connectivity index (χ0n) is 7.84. The second-order valence-electron chi connectivity index (χ2n) is 4.76. The highest BCUT2D eigenvalue weighted by molar-refractivity contribution is 5.90. The van der Waals surface area contributed by atoms with Crippen LogP contribution in [0.5, 0.6) is 0 Å². The average Bonchev–Trinajstić information content (AvgIpc) is 2.36. The lowest BCUT2D eigenvalue weighted by atomic mass is 9.90. The topological polar surface area (TPSA) is 17.1 Å². The molecule has 0 saturated heterocycles. The molecule has 2 aliphatic rings. The van der Waals surface area contributed by atoms with Crippen molar-refractivity contribution in [2.75, 3.05) is 0 Å². The van der Waals surface area contributed by atoms with Gasteiger partial charge in [-0.05, 0) is 24.2 Å². The molecule has 2 rings (SSSR count). The van der Waals surface area contributed by atoms with E-state index in [4.69, 9.17) is 0 Å². The molecule has 2 aliphatic carbocycles. The smallest absolute Gasteiger partial charge is 0.140 e. The highest BCUT2D eigenvalue weighted by atomic mass is 16.1. The Balaban J connectivity index is 2.06. The first-order valence-corrected chi connectivity index (χ1v) is 4.73. The third-order valence-corrected chi connectivity index (χ3v) is 3.75. The molecule has 1 nitrogen and oxygen atoms in total. The molecule has 0 aromatic carbocycles. The molecule has 0 amide bonds. The maximum absolute atomic E-state index is 11.7. The molecule has 3 unspecified atom stereocenters. The van der Waals surface area contributed by atoms with Gasteiger partial charge < -0.3 is 0 Å². The van der Waals surface area contributed by atoms with Gasteiger partial charge in [0.2, 0.25) is 0 Å². The fraction of sp³-hybridized carbons (Fsp3) is 0.727. The van der Waals surface area contributed by atoms with E-state index in [1.54, 1.807) is 0 Å². The summed E-state index contributed by atoms with van der Waals surface area (Å²) in [6.45, 7) is 8.11. The standard InChI is InChI=1S/C11H16O/c1-4-5-7-6-8-9(10(7)12)11(8,2)3/h4,7-9H,1,5-6H2,2-3H3. The summed E-state index contributed by atoms with van der Waals surface area (Å²) in [6.07, 6.45) is 3.88. The van der Waals surface area contributed by atoms with Crippen LogP contribution in [0.4, 0.5) is 0 Å². The van der Waals surface area contributed by atoms with Gasteiger partial charge in [-0.2, -0.15) is 0 Å². The van der Waals surface area contributed by atoms with Crippen molar-refractivity contribution in [1.29, 1.82) is 0 Å². The number of carbonyl (C=O) groups excluding carboxylic acids is 1. The van der Waals surface area contributed by atoms with E-state index in [2.05, 4.69) is 20.4 Å². The molecule has 66 valence electrons. The SMILES string of the molecule is C=CCC1CC2C(C1=O)C2(C)C. The van der Waals surface area contributed by atoms with Crippen molar-refractivity contribution < 1.29 is 4.79 Å². The van der Waals surface area contributed by atoms with Gasteiger partial charge in [0.15, 0.2) is 0 Å². The van der Waals surface area contributed by atoms with Crippen LogP contribution in [-0.2, 0) is 4.79 Å². The van der Waals surface area contributed by atoms with E-state index in [1.165, 1.54) is 0 Å².